The van der Waals surface area contributed by atoms with E-state index in [1.165, 1.54) is 24.4 Å². The van der Waals surface area contributed by atoms with Gasteiger partial charge in [-0.2, -0.15) is 5.26 Å². The third-order valence-corrected chi connectivity index (χ3v) is 2.52. The van der Waals surface area contributed by atoms with Gasteiger partial charge in [0.05, 0.1) is 5.56 Å². The Bertz CT molecular complexity index is 632. The van der Waals surface area contributed by atoms with E-state index in [0.29, 0.717) is 11.1 Å². The number of halogens is 1. The third kappa shape index (κ3) is 3.13. The van der Waals surface area contributed by atoms with Gasteiger partial charge in [0.2, 0.25) is 0 Å². The molecule has 0 spiro atoms. The van der Waals surface area contributed by atoms with Crippen molar-refractivity contribution in [2.75, 3.05) is 0 Å². The van der Waals surface area contributed by atoms with Crippen LogP contribution in [0.2, 0.25) is 0 Å². The normalized spacial score (nSPS) is 9.68. The number of hydrogen-bond donors (Lipinski definition) is 1. The highest BCUT2D eigenvalue weighted by atomic mass is 19.1. The number of carbonyl (C=O) groups excluding carboxylic acids is 1. The number of benzene rings is 1. The van der Waals surface area contributed by atoms with Crippen LogP contribution in [0.15, 0.2) is 42.6 Å². The highest BCUT2D eigenvalue weighted by molar-refractivity contribution is 5.92. The van der Waals surface area contributed by atoms with Crippen molar-refractivity contribution in [3.63, 3.8) is 0 Å². The Balaban J connectivity index is 2.02. The van der Waals surface area contributed by atoms with Crippen LogP contribution >= 0.6 is 0 Å². The van der Waals surface area contributed by atoms with Crippen molar-refractivity contribution >= 4 is 5.91 Å². The van der Waals surface area contributed by atoms with Crippen molar-refractivity contribution in [1.82, 2.24) is 10.3 Å². The molecule has 0 bridgehead atoms. The molecule has 1 aromatic heterocycles. The summed E-state index contributed by atoms with van der Waals surface area (Å²) in [7, 11) is 0. The van der Waals surface area contributed by atoms with Crippen molar-refractivity contribution in [1.29, 1.82) is 5.26 Å². The first-order valence-corrected chi connectivity index (χ1v) is 5.58. The molecule has 94 valence electrons. The largest absolute Gasteiger partial charge is 0.347 e. The zero-order valence-corrected chi connectivity index (χ0v) is 9.93. The maximum Gasteiger partial charge on any atom is 0.270 e. The number of rotatable bonds is 3. The summed E-state index contributed by atoms with van der Waals surface area (Å²) in [6.45, 7) is 0.0905. The van der Waals surface area contributed by atoms with E-state index in [9.17, 15) is 9.18 Å². The van der Waals surface area contributed by atoms with E-state index < -0.39 is 5.91 Å². The number of hydrogen-bond acceptors (Lipinski definition) is 3. The van der Waals surface area contributed by atoms with Crippen LogP contribution in [0, 0.1) is 17.1 Å². The van der Waals surface area contributed by atoms with Gasteiger partial charge in [0, 0.05) is 18.3 Å². The van der Waals surface area contributed by atoms with Crippen LogP contribution < -0.4 is 5.32 Å². The van der Waals surface area contributed by atoms with E-state index >= 15 is 0 Å². The fraction of sp³-hybridized carbons (Fsp3) is 0.0714. The second-order valence-corrected chi connectivity index (χ2v) is 3.82. The Morgan fingerprint density at radius 3 is 2.74 bits per heavy atom. The Labute approximate surface area is 109 Å². The summed E-state index contributed by atoms with van der Waals surface area (Å²) in [5.74, 6) is -0.775. The first-order chi connectivity index (χ1) is 9.20. The fourth-order valence-corrected chi connectivity index (χ4v) is 1.50. The number of nitrogens with zero attached hydrogens (tertiary/aromatic N) is 2. The van der Waals surface area contributed by atoms with Gasteiger partial charge in [-0.1, -0.05) is 18.2 Å². The van der Waals surface area contributed by atoms with Crippen molar-refractivity contribution in [2.45, 2.75) is 6.54 Å². The Hall–Kier alpha value is -2.74. The first kappa shape index (κ1) is 12.7. The van der Waals surface area contributed by atoms with Crippen LogP contribution in [-0.4, -0.2) is 10.9 Å². The van der Waals surface area contributed by atoms with Gasteiger partial charge in [-0.25, -0.2) is 9.37 Å². The number of pyridine rings is 1. The summed E-state index contributed by atoms with van der Waals surface area (Å²) in [6.07, 6.45) is 1.32. The molecule has 0 radical (unpaired) electrons. The van der Waals surface area contributed by atoms with E-state index in [0.717, 1.165) is 0 Å². The van der Waals surface area contributed by atoms with Crippen LogP contribution in [0.4, 0.5) is 4.39 Å². The van der Waals surface area contributed by atoms with Gasteiger partial charge in [0.1, 0.15) is 17.6 Å². The summed E-state index contributed by atoms with van der Waals surface area (Å²) in [5.41, 5.74) is 0.977. The molecule has 0 aliphatic carbocycles. The van der Waals surface area contributed by atoms with Gasteiger partial charge in [0.15, 0.2) is 0 Å². The van der Waals surface area contributed by atoms with E-state index in [4.69, 9.17) is 5.26 Å². The van der Waals surface area contributed by atoms with Gasteiger partial charge in [-0.15, -0.1) is 0 Å². The highest BCUT2D eigenvalue weighted by Crippen LogP contribution is 2.06. The summed E-state index contributed by atoms with van der Waals surface area (Å²) in [6, 6.07) is 11.1. The minimum Gasteiger partial charge on any atom is -0.347 e. The first-order valence-electron chi connectivity index (χ1n) is 5.58. The lowest BCUT2D eigenvalue weighted by molar-refractivity contribution is 0.0945. The maximum atomic E-state index is 13.3. The average Bonchev–Trinajstić information content (AvgIpc) is 2.46. The second kappa shape index (κ2) is 5.74. The molecule has 0 aliphatic rings. The van der Waals surface area contributed by atoms with Crippen LogP contribution in [-0.2, 0) is 6.54 Å². The molecular formula is C14H10FN3O. The van der Waals surface area contributed by atoms with Gasteiger partial charge >= 0.3 is 0 Å². The van der Waals surface area contributed by atoms with Crippen LogP contribution in [0.25, 0.3) is 0 Å². The number of amides is 1. The molecule has 1 aromatic carbocycles. The molecule has 19 heavy (non-hydrogen) atoms. The SMILES string of the molecule is N#Cc1ccc(C(=O)NCc2ccccc2F)nc1. The molecule has 0 atom stereocenters. The Morgan fingerprint density at radius 2 is 2.11 bits per heavy atom. The highest BCUT2D eigenvalue weighted by Gasteiger charge is 2.08. The molecule has 1 amide bonds. The lowest BCUT2D eigenvalue weighted by atomic mass is 10.2. The van der Waals surface area contributed by atoms with E-state index in [2.05, 4.69) is 10.3 Å². The van der Waals surface area contributed by atoms with Gasteiger partial charge in [-0.3, -0.25) is 4.79 Å². The van der Waals surface area contributed by atoms with Crippen LogP contribution in [0.3, 0.4) is 0 Å². The summed E-state index contributed by atoms with van der Waals surface area (Å²) in [5, 5.41) is 11.2. The molecule has 4 nitrogen and oxygen atoms in total. The zero-order chi connectivity index (χ0) is 13.7. The molecule has 2 rings (SSSR count). The van der Waals surface area contributed by atoms with Crippen molar-refractivity contribution in [3.8, 4) is 6.07 Å². The predicted molar refractivity (Wildman–Crippen MR) is 66.5 cm³/mol. The molecule has 1 N–H and O–H groups in total. The van der Waals surface area contributed by atoms with E-state index in [1.807, 2.05) is 6.07 Å². The minimum absolute atomic E-state index is 0.0905. The van der Waals surface area contributed by atoms with Gasteiger partial charge in [-0.05, 0) is 18.2 Å². The predicted octanol–water partition coefficient (Wildman–Crippen LogP) is 2.02. The fourth-order valence-electron chi connectivity index (χ4n) is 1.50. The lowest BCUT2D eigenvalue weighted by Gasteiger charge is -2.05. The maximum absolute atomic E-state index is 13.3. The molecule has 2 aromatic rings. The summed E-state index contributed by atoms with van der Waals surface area (Å²) < 4.78 is 13.3. The standard InChI is InChI=1S/C14H10FN3O/c15-12-4-2-1-3-11(12)9-18-14(19)13-6-5-10(7-16)8-17-13/h1-6,8H,9H2,(H,18,19). The molecule has 1 heterocycles. The van der Waals surface area contributed by atoms with Crippen LogP contribution in [0.1, 0.15) is 21.6 Å². The molecule has 0 fully saturated rings. The van der Waals surface area contributed by atoms with Gasteiger partial charge < -0.3 is 5.32 Å². The smallest absolute Gasteiger partial charge is 0.270 e. The summed E-state index contributed by atoms with van der Waals surface area (Å²) >= 11 is 0. The van der Waals surface area contributed by atoms with Crippen molar-refractivity contribution in [3.05, 3.63) is 65.2 Å². The molecule has 0 aliphatic heterocycles. The van der Waals surface area contributed by atoms with Gasteiger partial charge in [0.25, 0.3) is 5.91 Å². The molecule has 5 heteroatoms. The monoisotopic (exact) mass is 255 g/mol. The quantitative estimate of drug-likeness (QED) is 0.912. The second-order valence-electron chi connectivity index (χ2n) is 3.82. The Kier molecular flexibility index (Phi) is 3.84. The number of nitriles is 1. The number of nitrogens with one attached hydrogen (secondary N) is 1. The number of aromatic nitrogens is 1. The molecule has 0 unspecified atom stereocenters. The molecule has 0 saturated heterocycles. The zero-order valence-electron chi connectivity index (χ0n) is 9.93. The third-order valence-electron chi connectivity index (χ3n) is 2.52. The van der Waals surface area contributed by atoms with E-state index in [1.54, 1.807) is 18.2 Å². The summed E-state index contributed by atoms with van der Waals surface area (Å²) in [4.78, 5) is 15.6. The van der Waals surface area contributed by atoms with Crippen molar-refractivity contribution in [2.24, 2.45) is 0 Å². The van der Waals surface area contributed by atoms with Crippen molar-refractivity contribution < 1.29 is 9.18 Å². The Morgan fingerprint density at radius 1 is 1.32 bits per heavy atom. The topological polar surface area (TPSA) is 65.8 Å². The minimum atomic E-state index is -0.409. The molecular weight excluding hydrogens is 245 g/mol. The average molecular weight is 255 g/mol. The van der Waals surface area contributed by atoms with Crippen LogP contribution in [0.5, 0.6) is 0 Å². The van der Waals surface area contributed by atoms with E-state index in [-0.39, 0.29) is 18.1 Å². The number of carbonyl (C=O) groups is 1. The lowest BCUT2D eigenvalue weighted by Crippen LogP contribution is -2.24. The molecule has 0 saturated carbocycles.